The Bertz CT molecular complexity index is 290. The molecule has 0 radical (unpaired) electrons. The van der Waals surface area contributed by atoms with Crippen LogP contribution in [-0.2, 0) is 0 Å². The average Bonchev–Trinajstić information content (AvgIpc) is 2.56. The van der Waals surface area contributed by atoms with E-state index in [9.17, 15) is 0 Å². The van der Waals surface area contributed by atoms with Gasteiger partial charge in [0.25, 0.3) is 0 Å². The summed E-state index contributed by atoms with van der Waals surface area (Å²) in [4.78, 5) is 0. The van der Waals surface area contributed by atoms with Gasteiger partial charge in [-0.2, -0.15) is 0 Å². The Labute approximate surface area is 139 Å². The molecule has 22 heavy (non-hydrogen) atoms. The minimum Gasteiger partial charge on any atom is -0.330 e. The summed E-state index contributed by atoms with van der Waals surface area (Å²) in [5.74, 6) is 2.55. The van der Waals surface area contributed by atoms with Gasteiger partial charge in [0.05, 0.1) is 0 Å². The highest BCUT2D eigenvalue weighted by Gasteiger charge is 2.19. The predicted molar refractivity (Wildman–Crippen MR) is 99.1 cm³/mol. The van der Waals surface area contributed by atoms with Crippen LogP contribution in [0, 0.1) is 17.8 Å². The highest BCUT2D eigenvalue weighted by atomic mass is 14.9. The van der Waals surface area contributed by atoms with Crippen molar-refractivity contribution in [1.82, 2.24) is 5.32 Å². The molecule has 1 saturated carbocycles. The van der Waals surface area contributed by atoms with E-state index in [1.807, 2.05) is 0 Å². The van der Waals surface area contributed by atoms with Gasteiger partial charge in [0.1, 0.15) is 0 Å². The highest BCUT2D eigenvalue weighted by Crippen LogP contribution is 2.27. The van der Waals surface area contributed by atoms with Crippen molar-refractivity contribution in [3.8, 4) is 0 Å². The molecule has 130 valence electrons. The summed E-state index contributed by atoms with van der Waals surface area (Å²) < 4.78 is 0. The van der Waals surface area contributed by atoms with Crippen LogP contribution in [0.2, 0.25) is 0 Å². The molecule has 1 atom stereocenters. The van der Waals surface area contributed by atoms with E-state index < -0.39 is 0 Å². The van der Waals surface area contributed by atoms with E-state index in [1.165, 1.54) is 64.3 Å². The summed E-state index contributed by atoms with van der Waals surface area (Å²) in [5, 5.41) is 3.71. The van der Waals surface area contributed by atoms with Gasteiger partial charge in [-0.3, -0.25) is 0 Å². The largest absolute Gasteiger partial charge is 0.330 e. The quantitative estimate of drug-likeness (QED) is 0.533. The number of nitrogens with two attached hydrogens (primary N) is 1. The summed E-state index contributed by atoms with van der Waals surface area (Å²) >= 11 is 0. The van der Waals surface area contributed by atoms with Gasteiger partial charge >= 0.3 is 0 Å². The van der Waals surface area contributed by atoms with Crippen LogP contribution in [0.25, 0.3) is 0 Å². The zero-order chi connectivity index (χ0) is 16.2. The standard InChI is InChI=1S/C20H40N2/c1-4-6-7-17(3)8-9-18(5-2)15-22-16-20-12-10-19(14-21)11-13-20/h5,17,19-20,22H,4,6-16,21H2,1-3H3/b18-5+. The summed E-state index contributed by atoms with van der Waals surface area (Å²) in [6.07, 6.45) is 14.5. The Hall–Kier alpha value is -0.340. The first-order valence-corrected chi connectivity index (χ1v) is 9.74. The maximum Gasteiger partial charge on any atom is 0.0164 e. The molecule has 0 heterocycles. The van der Waals surface area contributed by atoms with E-state index in [0.29, 0.717) is 0 Å². The third-order valence-corrected chi connectivity index (χ3v) is 5.50. The molecule has 1 aliphatic carbocycles. The minimum absolute atomic E-state index is 0.798. The highest BCUT2D eigenvalue weighted by molar-refractivity contribution is 5.02. The Morgan fingerprint density at radius 1 is 1.18 bits per heavy atom. The van der Waals surface area contributed by atoms with Gasteiger partial charge in [0, 0.05) is 6.54 Å². The Morgan fingerprint density at radius 2 is 1.86 bits per heavy atom. The summed E-state index contributed by atoms with van der Waals surface area (Å²) in [5.41, 5.74) is 7.37. The second-order valence-corrected chi connectivity index (χ2v) is 7.49. The average molecular weight is 309 g/mol. The molecule has 0 aliphatic heterocycles. The van der Waals surface area contributed by atoms with Crippen molar-refractivity contribution in [3.63, 3.8) is 0 Å². The van der Waals surface area contributed by atoms with Crippen molar-refractivity contribution in [2.45, 2.75) is 78.6 Å². The molecule has 1 unspecified atom stereocenters. The fourth-order valence-electron chi connectivity index (χ4n) is 3.57. The number of hydrogen-bond donors (Lipinski definition) is 2. The van der Waals surface area contributed by atoms with Crippen LogP contribution in [0.5, 0.6) is 0 Å². The van der Waals surface area contributed by atoms with Gasteiger partial charge in [-0.1, -0.05) is 44.8 Å². The second kappa shape index (κ2) is 12.1. The third kappa shape index (κ3) is 8.33. The summed E-state index contributed by atoms with van der Waals surface area (Å²) in [6, 6.07) is 0. The molecule has 0 spiro atoms. The van der Waals surface area contributed by atoms with Crippen molar-refractivity contribution < 1.29 is 0 Å². The molecule has 3 N–H and O–H groups in total. The van der Waals surface area contributed by atoms with Gasteiger partial charge in [0.2, 0.25) is 0 Å². The lowest BCUT2D eigenvalue weighted by Gasteiger charge is -2.28. The first kappa shape index (κ1) is 19.7. The molecular weight excluding hydrogens is 268 g/mol. The van der Waals surface area contributed by atoms with Gasteiger partial charge in [-0.15, -0.1) is 0 Å². The first-order chi connectivity index (χ1) is 10.7. The maximum atomic E-state index is 5.77. The van der Waals surface area contributed by atoms with E-state index in [0.717, 1.165) is 30.8 Å². The van der Waals surface area contributed by atoms with Crippen LogP contribution in [0.15, 0.2) is 11.6 Å². The van der Waals surface area contributed by atoms with Gasteiger partial charge < -0.3 is 11.1 Å². The molecule has 0 bridgehead atoms. The Morgan fingerprint density at radius 3 is 2.45 bits per heavy atom. The third-order valence-electron chi connectivity index (χ3n) is 5.50. The lowest BCUT2D eigenvalue weighted by atomic mass is 9.82. The van der Waals surface area contributed by atoms with Crippen molar-refractivity contribution in [1.29, 1.82) is 0 Å². The predicted octanol–water partition coefficient (Wildman–Crippen LogP) is 4.89. The monoisotopic (exact) mass is 308 g/mol. The number of nitrogens with one attached hydrogen (secondary N) is 1. The van der Waals surface area contributed by atoms with Gasteiger partial charge in [-0.25, -0.2) is 0 Å². The fraction of sp³-hybridized carbons (Fsp3) is 0.900. The molecule has 2 heteroatoms. The van der Waals surface area contributed by atoms with Crippen LogP contribution in [-0.4, -0.2) is 19.6 Å². The molecular formula is C20H40N2. The van der Waals surface area contributed by atoms with Gasteiger partial charge in [-0.05, 0) is 76.3 Å². The SMILES string of the molecule is C/C=C(\CCC(C)CCCC)CNCC1CCC(CN)CC1. The van der Waals surface area contributed by atoms with Crippen LogP contribution in [0.1, 0.15) is 78.6 Å². The normalized spacial score (nSPS) is 24.5. The van der Waals surface area contributed by atoms with E-state index in [-0.39, 0.29) is 0 Å². The van der Waals surface area contributed by atoms with E-state index in [4.69, 9.17) is 5.73 Å². The molecule has 1 fully saturated rings. The van der Waals surface area contributed by atoms with Gasteiger partial charge in [0.15, 0.2) is 0 Å². The number of rotatable bonds is 11. The topological polar surface area (TPSA) is 38.0 Å². The Kier molecular flexibility index (Phi) is 10.9. The van der Waals surface area contributed by atoms with Crippen LogP contribution < -0.4 is 11.1 Å². The summed E-state index contributed by atoms with van der Waals surface area (Å²) in [7, 11) is 0. The zero-order valence-corrected chi connectivity index (χ0v) is 15.4. The van der Waals surface area contributed by atoms with E-state index in [2.05, 4.69) is 32.2 Å². The van der Waals surface area contributed by atoms with Crippen molar-refractivity contribution in [2.75, 3.05) is 19.6 Å². The molecule has 0 aromatic heterocycles. The second-order valence-electron chi connectivity index (χ2n) is 7.49. The molecule has 2 nitrogen and oxygen atoms in total. The number of unbranched alkanes of at least 4 members (excludes halogenated alkanes) is 1. The zero-order valence-electron chi connectivity index (χ0n) is 15.4. The molecule has 1 rings (SSSR count). The minimum atomic E-state index is 0.798. The van der Waals surface area contributed by atoms with Crippen LogP contribution in [0.4, 0.5) is 0 Å². The Balaban J connectivity index is 2.11. The van der Waals surface area contributed by atoms with Crippen molar-refractivity contribution >= 4 is 0 Å². The lowest BCUT2D eigenvalue weighted by molar-refractivity contribution is 0.274. The van der Waals surface area contributed by atoms with E-state index in [1.54, 1.807) is 5.57 Å². The van der Waals surface area contributed by atoms with Crippen LogP contribution >= 0.6 is 0 Å². The number of allylic oxidation sites excluding steroid dienone is 1. The molecule has 1 aliphatic rings. The fourth-order valence-corrected chi connectivity index (χ4v) is 3.57. The smallest absolute Gasteiger partial charge is 0.0164 e. The molecule has 0 aromatic rings. The van der Waals surface area contributed by atoms with E-state index >= 15 is 0 Å². The molecule has 0 amide bonds. The first-order valence-electron chi connectivity index (χ1n) is 9.74. The van der Waals surface area contributed by atoms with Crippen LogP contribution in [0.3, 0.4) is 0 Å². The molecule has 0 aromatic carbocycles. The lowest BCUT2D eigenvalue weighted by Crippen LogP contribution is -2.29. The number of hydrogen-bond acceptors (Lipinski definition) is 2. The summed E-state index contributed by atoms with van der Waals surface area (Å²) in [6.45, 7) is 10.1. The van der Waals surface area contributed by atoms with Crippen molar-refractivity contribution in [3.05, 3.63) is 11.6 Å². The molecule has 0 saturated heterocycles. The maximum absolute atomic E-state index is 5.77. The van der Waals surface area contributed by atoms with Crippen molar-refractivity contribution in [2.24, 2.45) is 23.5 Å².